The minimum absolute atomic E-state index is 0.378. The summed E-state index contributed by atoms with van der Waals surface area (Å²) in [5.74, 6) is 0. The first-order valence-corrected chi connectivity index (χ1v) is 12.8. The minimum Gasteiger partial charge on any atom is -0.332 e. The highest BCUT2D eigenvalue weighted by Crippen LogP contribution is 2.20. The maximum Gasteiger partial charge on any atom is 0.315 e. The molecule has 0 radical (unpaired) electrons. The number of hydrogen-bond donors (Lipinski definition) is 4. The van der Waals surface area contributed by atoms with E-state index in [-0.39, 0.29) is 12.1 Å². The van der Waals surface area contributed by atoms with Gasteiger partial charge >= 0.3 is 6.03 Å². The molecule has 2 aromatic rings. The van der Waals surface area contributed by atoms with Gasteiger partial charge in [0, 0.05) is 11.4 Å². The molecule has 0 aromatic heterocycles. The summed E-state index contributed by atoms with van der Waals surface area (Å²) in [5, 5.41) is 5.60. The van der Waals surface area contributed by atoms with Crippen molar-refractivity contribution < 1.29 is 21.6 Å². The topological polar surface area (TPSA) is 133 Å². The Balaban J connectivity index is 2.01. The van der Waals surface area contributed by atoms with Crippen LogP contribution in [0.1, 0.15) is 37.1 Å². The van der Waals surface area contributed by atoms with Crippen molar-refractivity contribution in [3.8, 4) is 0 Å². The van der Waals surface area contributed by atoms with E-state index in [1.165, 1.54) is 0 Å². The second-order valence-electron chi connectivity index (χ2n) is 7.06. The Bertz CT molecular complexity index is 1030. The van der Waals surface area contributed by atoms with Crippen molar-refractivity contribution in [2.75, 3.05) is 22.0 Å². The standard InChI is InChI=1S/C19H26N4O5S2/c1-13(15-7-5-9-17(11-15)22-29(3,25)26)20-19(24)21-14(2)16-8-6-10-18(12-16)23-30(4,27)28/h5-14,22-23H,1-4H3,(H2,20,21,24)/t13-,14+. The van der Waals surface area contributed by atoms with Gasteiger partial charge in [0.25, 0.3) is 0 Å². The first-order chi connectivity index (χ1) is 13.8. The van der Waals surface area contributed by atoms with Crippen LogP contribution in [0.3, 0.4) is 0 Å². The van der Waals surface area contributed by atoms with E-state index in [0.717, 1.165) is 23.6 Å². The summed E-state index contributed by atoms with van der Waals surface area (Å²) in [4.78, 5) is 12.4. The zero-order valence-corrected chi connectivity index (χ0v) is 18.8. The van der Waals surface area contributed by atoms with Crippen molar-refractivity contribution >= 4 is 37.5 Å². The van der Waals surface area contributed by atoms with E-state index in [2.05, 4.69) is 20.1 Å². The smallest absolute Gasteiger partial charge is 0.315 e. The lowest BCUT2D eigenvalue weighted by atomic mass is 10.1. The zero-order chi connectivity index (χ0) is 22.5. The normalized spacial score (nSPS) is 13.7. The van der Waals surface area contributed by atoms with Crippen LogP contribution in [0, 0.1) is 0 Å². The lowest BCUT2D eigenvalue weighted by Crippen LogP contribution is -2.38. The summed E-state index contributed by atoms with van der Waals surface area (Å²) in [6, 6.07) is 12.3. The van der Waals surface area contributed by atoms with Crippen molar-refractivity contribution in [2.24, 2.45) is 0 Å². The molecule has 0 heterocycles. The molecule has 0 aliphatic carbocycles. The minimum atomic E-state index is -3.40. The molecule has 0 aliphatic rings. The van der Waals surface area contributed by atoms with Crippen LogP contribution in [0.5, 0.6) is 0 Å². The van der Waals surface area contributed by atoms with Gasteiger partial charge in [-0.25, -0.2) is 21.6 Å². The van der Waals surface area contributed by atoms with Crippen LogP contribution in [0.25, 0.3) is 0 Å². The van der Waals surface area contributed by atoms with Gasteiger partial charge in [-0.2, -0.15) is 0 Å². The number of carbonyl (C=O) groups excluding carboxylic acids is 1. The molecule has 30 heavy (non-hydrogen) atoms. The average molecular weight is 455 g/mol. The molecule has 2 aromatic carbocycles. The average Bonchev–Trinajstić information content (AvgIpc) is 2.59. The number of anilines is 2. The van der Waals surface area contributed by atoms with Gasteiger partial charge in [0.1, 0.15) is 0 Å². The fourth-order valence-corrected chi connectivity index (χ4v) is 3.88. The second kappa shape index (κ2) is 9.35. The molecule has 0 spiro atoms. The van der Waals surface area contributed by atoms with E-state index >= 15 is 0 Å². The largest absolute Gasteiger partial charge is 0.332 e. The van der Waals surface area contributed by atoms with Gasteiger partial charge in [0.05, 0.1) is 24.6 Å². The maximum absolute atomic E-state index is 12.4. The van der Waals surface area contributed by atoms with E-state index in [4.69, 9.17) is 0 Å². The van der Waals surface area contributed by atoms with E-state index in [9.17, 15) is 21.6 Å². The van der Waals surface area contributed by atoms with Gasteiger partial charge in [-0.15, -0.1) is 0 Å². The lowest BCUT2D eigenvalue weighted by molar-refractivity contribution is 0.235. The monoisotopic (exact) mass is 454 g/mol. The van der Waals surface area contributed by atoms with Crippen molar-refractivity contribution in [2.45, 2.75) is 25.9 Å². The van der Waals surface area contributed by atoms with Crippen molar-refractivity contribution in [3.05, 3.63) is 59.7 Å². The molecule has 4 N–H and O–H groups in total. The van der Waals surface area contributed by atoms with Crippen LogP contribution in [0.15, 0.2) is 48.5 Å². The predicted molar refractivity (Wildman–Crippen MR) is 118 cm³/mol. The molecule has 2 atom stereocenters. The van der Waals surface area contributed by atoms with Gasteiger partial charge in [0.15, 0.2) is 0 Å². The molecule has 164 valence electrons. The zero-order valence-electron chi connectivity index (χ0n) is 17.1. The molecule has 0 unspecified atom stereocenters. The number of sulfonamides is 2. The highest BCUT2D eigenvalue weighted by molar-refractivity contribution is 7.92. The third-order valence-electron chi connectivity index (χ3n) is 4.07. The first kappa shape index (κ1) is 23.5. The Morgan fingerprint density at radius 2 is 1.10 bits per heavy atom. The van der Waals surface area contributed by atoms with Gasteiger partial charge in [-0.3, -0.25) is 9.44 Å². The number of rotatable bonds is 8. The molecule has 0 saturated carbocycles. The van der Waals surface area contributed by atoms with Crippen LogP contribution in [0.2, 0.25) is 0 Å². The molecule has 0 bridgehead atoms. The Labute approximate surface area is 177 Å². The molecule has 9 nitrogen and oxygen atoms in total. The van der Waals surface area contributed by atoms with Crippen LogP contribution in [-0.2, 0) is 20.0 Å². The fourth-order valence-electron chi connectivity index (χ4n) is 2.77. The molecular weight excluding hydrogens is 428 g/mol. The van der Waals surface area contributed by atoms with Crippen molar-refractivity contribution in [3.63, 3.8) is 0 Å². The number of nitrogens with one attached hydrogen (secondary N) is 4. The van der Waals surface area contributed by atoms with Crippen LogP contribution >= 0.6 is 0 Å². The molecule has 11 heteroatoms. The third-order valence-corrected chi connectivity index (χ3v) is 5.29. The predicted octanol–water partition coefficient (Wildman–Crippen LogP) is 2.55. The molecule has 0 fully saturated rings. The third kappa shape index (κ3) is 7.91. The molecule has 0 aliphatic heterocycles. The number of carbonyl (C=O) groups is 1. The molecule has 0 saturated heterocycles. The van der Waals surface area contributed by atoms with Gasteiger partial charge in [0.2, 0.25) is 20.0 Å². The second-order valence-corrected chi connectivity index (χ2v) is 10.6. The number of amides is 2. The Kier molecular flexibility index (Phi) is 7.32. The van der Waals surface area contributed by atoms with Crippen LogP contribution < -0.4 is 20.1 Å². The number of benzene rings is 2. The summed E-state index contributed by atoms with van der Waals surface area (Å²) >= 11 is 0. The quantitative estimate of drug-likeness (QED) is 0.486. The summed E-state index contributed by atoms with van der Waals surface area (Å²) < 4.78 is 50.3. The van der Waals surface area contributed by atoms with Gasteiger partial charge in [-0.1, -0.05) is 24.3 Å². The van der Waals surface area contributed by atoms with E-state index in [1.807, 2.05) is 0 Å². The van der Waals surface area contributed by atoms with Gasteiger partial charge < -0.3 is 10.6 Å². The molecule has 2 rings (SSSR count). The van der Waals surface area contributed by atoms with Crippen LogP contribution in [-0.4, -0.2) is 35.4 Å². The summed E-state index contributed by atoms with van der Waals surface area (Å²) in [6.07, 6.45) is 2.13. The van der Waals surface area contributed by atoms with E-state index in [1.54, 1.807) is 62.4 Å². The SMILES string of the molecule is C[C@H](NC(=O)N[C@H](C)c1cccc(NS(C)(=O)=O)c1)c1cccc(NS(C)(=O)=O)c1. The Morgan fingerprint density at radius 3 is 1.43 bits per heavy atom. The molecular formula is C19H26N4O5S2. The van der Waals surface area contributed by atoms with Gasteiger partial charge in [-0.05, 0) is 49.2 Å². The van der Waals surface area contributed by atoms with E-state index in [0.29, 0.717) is 11.4 Å². The number of urea groups is 1. The lowest BCUT2D eigenvalue weighted by Gasteiger charge is -2.20. The summed E-state index contributed by atoms with van der Waals surface area (Å²) in [5.41, 5.74) is 2.27. The van der Waals surface area contributed by atoms with Crippen LogP contribution in [0.4, 0.5) is 16.2 Å². The van der Waals surface area contributed by atoms with E-state index < -0.39 is 26.1 Å². The highest BCUT2D eigenvalue weighted by atomic mass is 32.2. The van der Waals surface area contributed by atoms with Crippen molar-refractivity contribution in [1.29, 1.82) is 0 Å². The highest BCUT2D eigenvalue weighted by Gasteiger charge is 2.14. The Hall–Kier alpha value is -2.79. The summed E-state index contributed by atoms with van der Waals surface area (Å²) in [6.45, 7) is 3.56. The Morgan fingerprint density at radius 1 is 0.733 bits per heavy atom. The number of hydrogen-bond acceptors (Lipinski definition) is 5. The molecule has 2 amide bonds. The first-order valence-electron chi connectivity index (χ1n) is 9.05. The van der Waals surface area contributed by atoms with Crippen molar-refractivity contribution in [1.82, 2.24) is 10.6 Å². The summed E-state index contributed by atoms with van der Waals surface area (Å²) in [7, 11) is -6.79. The fraction of sp³-hybridized carbons (Fsp3) is 0.316. The maximum atomic E-state index is 12.4.